The molecule has 4 rings (SSSR count). The third-order valence-electron chi connectivity index (χ3n) is 5.22. The van der Waals surface area contributed by atoms with Crippen LogP contribution >= 0.6 is 11.6 Å². The van der Waals surface area contributed by atoms with Gasteiger partial charge in [0.05, 0.1) is 12.5 Å². The van der Waals surface area contributed by atoms with Crippen molar-refractivity contribution in [3.05, 3.63) is 41.0 Å². The van der Waals surface area contributed by atoms with Gasteiger partial charge in [0.15, 0.2) is 5.82 Å². The standard InChI is InChI=1S/C18H22ClN5O2.C2H2O4/c1-13-20-18(26-21-13)14-10-22(11-14)12-17(25)24-8-6-23(7-9-24)16-4-2-15(19)3-5-16;3-1(4)2(5)6/h2-5,14H,6-12H2,1H3;(H,3,4)(H,5,6). The van der Waals surface area contributed by atoms with Crippen LogP contribution in [-0.2, 0) is 14.4 Å². The number of aromatic nitrogens is 2. The molecule has 1 aromatic heterocycles. The van der Waals surface area contributed by atoms with Gasteiger partial charge in [-0.2, -0.15) is 4.98 Å². The summed E-state index contributed by atoms with van der Waals surface area (Å²) >= 11 is 5.94. The van der Waals surface area contributed by atoms with E-state index in [1.165, 1.54) is 0 Å². The second kappa shape index (κ2) is 10.4. The van der Waals surface area contributed by atoms with Crippen LogP contribution in [0.2, 0.25) is 5.02 Å². The van der Waals surface area contributed by atoms with E-state index in [0.29, 0.717) is 18.3 Å². The molecule has 2 aliphatic rings. The molecule has 2 aliphatic heterocycles. The number of anilines is 1. The Morgan fingerprint density at radius 1 is 1.06 bits per heavy atom. The van der Waals surface area contributed by atoms with Crippen molar-refractivity contribution in [2.24, 2.45) is 0 Å². The highest BCUT2D eigenvalue weighted by molar-refractivity contribution is 6.30. The van der Waals surface area contributed by atoms with Gasteiger partial charge in [-0.3, -0.25) is 9.69 Å². The van der Waals surface area contributed by atoms with E-state index in [2.05, 4.69) is 19.9 Å². The Bertz CT molecular complexity index is 940. The fourth-order valence-electron chi connectivity index (χ4n) is 3.49. The number of nitrogens with zero attached hydrogens (tertiary/aromatic N) is 5. The average molecular weight is 466 g/mol. The van der Waals surface area contributed by atoms with Crippen LogP contribution in [0.5, 0.6) is 0 Å². The lowest BCUT2D eigenvalue weighted by molar-refractivity contribution is -0.159. The van der Waals surface area contributed by atoms with Crippen LogP contribution in [0.1, 0.15) is 17.6 Å². The van der Waals surface area contributed by atoms with E-state index in [0.717, 1.165) is 50.0 Å². The van der Waals surface area contributed by atoms with Gasteiger partial charge in [0, 0.05) is 50.0 Å². The highest BCUT2D eigenvalue weighted by Gasteiger charge is 2.34. The van der Waals surface area contributed by atoms with Gasteiger partial charge in [-0.1, -0.05) is 16.8 Å². The SMILES string of the molecule is Cc1noc(C2CN(CC(=O)N3CCN(c4ccc(Cl)cc4)CC3)C2)n1.O=C(O)C(=O)O. The van der Waals surface area contributed by atoms with E-state index in [-0.39, 0.29) is 11.8 Å². The maximum atomic E-state index is 12.5. The molecule has 172 valence electrons. The van der Waals surface area contributed by atoms with Crippen LogP contribution in [0.3, 0.4) is 0 Å². The Balaban J connectivity index is 0.000000427. The molecule has 2 saturated heterocycles. The minimum atomic E-state index is -1.82. The number of aryl methyl sites for hydroxylation is 1. The van der Waals surface area contributed by atoms with E-state index < -0.39 is 11.9 Å². The van der Waals surface area contributed by atoms with Gasteiger partial charge in [-0.05, 0) is 31.2 Å². The van der Waals surface area contributed by atoms with Crippen molar-refractivity contribution in [2.75, 3.05) is 50.7 Å². The first kappa shape index (κ1) is 23.5. The number of benzene rings is 1. The summed E-state index contributed by atoms with van der Waals surface area (Å²) in [6.07, 6.45) is 0. The number of carbonyl (C=O) groups excluding carboxylic acids is 1. The number of carboxylic acid groups (broad SMARTS) is 2. The predicted molar refractivity (Wildman–Crippen MR) is 114 cm³/mol. The highest BCUT2D eigenvalue weighted by Crippen LogP contribution is 2.25. The number of hydrogen-bond acceptors (Lipinski definition) is 8. The molecular weight excluding hydrogens is 442 g/mol. The summed E-state index contributed by atoms with van der Waals surface area (Å²) in [5.41, 5.74) is 1.15. The average Bonchev–Trinajstić information content (AvgIpc) is 3.17. The van der Waals surface area contributed by atoms with Crippen molar-refractivity contribution in [3.63, 3.8) is 0 Å². The van der Waals surface area contributed by atoms with Crippen LogP contribution in [0.4, 0.5) is 5.69 Å². The van der Waals surface area contributed by atoms with Crippen molar-refractivity contribution < 1.29 is 29.1 Å². The predicted octanol–water partition coefficient (Wildman–Crippen LogP) is 0.935. The quantitative estimate of drug-likeness (QED) is 0.626. The Hall–Kier alpha value is -3.18. The first-order valence-electron chi connectivity index (χ1n) is 10.00. The molecule has 0 aliphatic carbocycles. The second-order valence-corrected chi connectivity index (χ2v) is 7.96. The van der Waals surface area contributed by atoms with E-state index in [9.17, 15) is 4.79 Å². The summed E-state index contributed by atoms with van der Waals surface area (Å²) in [5.74, 6) is -1.85. The van der Waals surface area contributed by atoms with E-state index >= 15 is 0 Å². The number of carboxylic acids is 2. The monoisotopic (exact) mass is 465 g/mol. The van der Waals surface area contributed by atoms with Crippen LogP contribution in [0.25, 0.3) is 0 Å². The molecular formula is C20H24ClN5O6. The summed E-state index contributed by atoms with van der Waals surface area (Å²) in [4.78, 5) is 41.4. The van der Waals surface area contributed by atoms with Crippen molar-refractivity contribution in [1.82, 2.24) is 19.9 Å². The number of halogens is 1. The molecule has 11 nitrogen and oxygen atoms in total. The van der Waals surface area contributed by atoms with E-state index in [1.807, 2.05) is 36.1 Å². The number of carbonyl (C=O) groups is 3. The molecule has 12 heteroatoms. The van der Waals surface area contributed by atoms with Gasteiger partial charge in [0.25, 0.3) is 0 Å². The minimum absolute atomic E-state index is 0.195. The zero-order valence-electron chi connectivity index (χ0n) is 17.5. The minimum Gasteiger partial charge on any atom is -0.473 e. The third kappa shape index (κ3) is 6.17. The number of rotatable bonds is 4. The molecule has 0 radical (unpaired) electrons. The zero-order chi connectivity index (χ0) is 23.3. The van der Waals surface area contributed by atoms with Gasteiger partial charge in [-0.25, -0.2) is 9.59 Å². The number of hydrogen-bond donors (Lipinski definition) is 2. The van der Waals surface area contributed by atoms with Crippen molar-refractivity contribution in [1.29, 1.82) is 0 Å². The van der Waals surface area contributed by atoms with E-state index in [4.69, 9.17) is 35.9 Å². The summed E-state index contributed by atoms with van der Waals surface area (Å²) in [5, 5.41) is 19.3. The zero-order valence-corrected chi connectivity index (χ0v) is 18.2. The molecule has 0 spiro atoms. The van der Waals surface area contributed by atoms with Crippen molar-refractivity contribution in [3.8, 4) is 0 Å². The van der Waals surface area contributed by atoms with Gasteiger partial charge >= 0.3 is 11.9 Å². The van der Waals surface area contributed by atoms with Crippen LogP contribution in [0.15, 0.2) is 28.8 Å². The number of likely N-dealkylation sites (tertiary alicyclic amines) is 1. The molecule has 3 heterocycles. The van der Waals surface area contributed by atoms with E-state index in [1.54, 1.807) is 0 Å². The van der Waals surface area contributed by atoms with Gasteiger partial charge in [0.1, 0.15) is 0 Å². The maximum Gasteiger partial charge on any atom is 0.414 e. The Labute approximate surface area is 189 Å². The Morgan fingerprint density at radius 3 is 2.16 bits per heavy atom. The van der Waals surface area contributed by atoms with Crippen molar-refractivity contribution >= 4 is 35.1 Å². The fourth-order valence-corrected chi connectivity index (χ4v) is 3.62. The second-order valence-electron chi connectivity index (χ2n) is 7.53. The molecule has 0 atom stereocenters. The molecule has 2 N–H and O–H groups in total. The van der Waals surface area contributed by atoms with Crippen LogP contribution in [0, 0.1) is 6.92 Å². The largest absolute Gasteiger partial charge is 0.473 e. The van der Waals surface area contributed by atoms with Gasteiger partial charge < -0.3 is 24.5 Å². The van der Waals surface area contributed by atoms with Gasteiger partial charge in [0.2, 0.25) is 11.8 Å². The Kier molecular flexibility index (Phi) is 7.65. The Morgan fingerprint density at radius 2 is 1.66 bits per heavy atom. The summed E-state index contributed by atoms with van der Waals surface area (Å²) < 4.78 is 5.20. The summed E-state index contributed by atoms with van der Waals surface area (Å²) in [6.45, 7) is 7.08. The van der Waals surface area contributed by atoms with Crippen molar-refractivity contribution in [2.45, 2.75) is 12.8 Å². The highest BCUT2D eigenvalue weighted by atomic mass is 35.5. The van der Waals surface area contributed by atoms with Crippen LogP contribution in [-0.4, -0.2) is 93.8 Å². The first-order valence-corrected chi connectivity index (χ1v) is 10.4. The third-order valence-corrected chi connectivity index (χ3v) is 5.47. The fraction of sp³-hybridized carbons (Fsp3) is 0.450. The smallest absolute Gasteiger partial charge is 0.414 e. The summed E-state index contributed by atoms with van der Waals surface area (Å²) in [6, 6.07) is 7.86. The number of amides is 1. The molecule has 2 aromatic rings. The lowest BCUT2D eigenvalue weighted by Gasteiger charge is -2.40. The molecule has 1 amide bonds. The first-order chi connectivity index (χ1) is 15.2. The lowest BCUT2D eigenvalue weighted by atomic mass is 10.0. The summed E-state index contributed by atoms with van der Waals surface area (Å²) in [7, 11) is 0. The topological polar surface area (TPSA) is 140 Å². The molecule has 32 heavy (non-hydrogen) atoms. The normalized spacial score (nSPS) is 16.7. The molecule has 0 unspecified atom stereocenters. The number of aliphatic carboxylic acids is 2. The maximum absolute atomic E-state index is 12.5. The molecule has 0 saturated carbocycles. The number of piperazine rings is 1. The van der Waals surface area contributed by atoms with Gasteiger partial charge in [-0.15, -0.1) is 0 Å². The molecule has 2 fully saturated rings. The molecule has 0 bridgehead atoms. The molecule has 1 aromatic carbocycles. The van der Waals surface area contributed by atoms with Crippen LogP contribution < -0.4 is 4.90 Å². The lowest BCUT2D eigenvalue weighted by Crippen LogP contribution is -2.54.